The van der Waals surface area contributed by atoms with E-state index in [0.717, 1.165) is 10.4 Å². The molecule has 4 nitrogen and oxygen atoms in total. The van der Waals surface area contributed by atoms with Gasteiger partial charge >= 0.3 is 0 Å². The van der Waals surface area contributed by atoms with Crippen molar-refractivity contribution < 1.29 is 8.42 Å². The van der Waals surface area contributed by atoms with Gasteiger partial charge in [-0.1, -0.05) is 18.2 Å². The van der Waals surface area contributed by atoms with Gasteiger partial charge in [-0.15, -0.1) is 11.3 Å². The summed E-state index contributed by atoms with van der Waals surface area (Å²) in [5.74, 6) is 0. The third-order valence-corrected chi connectivity index (χ3v) is 5.43. The van der Waals surface area contributed by atoms with Crippen LogP contribution >= 0.6 is 11.3 Å². The van der Waals surface area contributed by atoms with Crippen LogP contribution < -0.4 is 10.0 Å². The van der Waals surface area contributed by atoms with Crippen LogP contribution in [0.15, 0.2) is 46.7 Å². The highest BCUT2D eigenvalue weighted by atomic mass is 32.2. The SMILES string of the molecule is CNC(C)c1ccc(S(=O)(=O)NCc2cccs2)cc1. The fraction of sp³-hybridized carbons (Fsp3) is 0.286. The number of benzene rings is 1. The predicted molar refractivity (Wildman–Crippen MR) is 82.3 cm³/mol. The number of nitrogens with one attached hydrogen (secondary N) is 2. The van der Waals surface area contributed by atoms with E-state index in [1.54, 1.807) is 12.1 Å². The normalized spacial score (nSPS) is 13.3. The highest BCUT2D eigenvalue weighted by molar-refractivity contribution is 7.89. The summed E-state index contributed by atoms with van der Waals surface area (Å²) in [7, 11) is -1.58. The Hall–Kier alpha value is -1.21. The van der Waals surface area contributed by atoms with Crippen molar-refractivity contribution >= 4 is 21.4 Å². The van der Waals surface area contributed by atoms with Gasteiger partial charge in [-0.3, -0.25) is 0 Å². The Labute approximate surface area is 123 Å². The van der Waals surface area contributed by atoms with Gasteiger partial charge in [-0.25, -0.2) is 13.1 Å². The van der Waals surface area contributed by atoms with Crippen molar-refractivity contribution in [1.82, 2.24) is 10.0 Å². The molecule has 2 rings (SSSR count). The van der Waals surface area contributed by atoms with E-state index in [2.05, 4.69) is 10.0 Å². The Morgan fingerprint density at radius 3 is 2.45 bits per heavy atom. The van der Waals surface area contributed by atoms with Crippen LogP contribution in [0.1, 0.15) is 23.4 Å². The average Bonchev–Trinajstić information content (AvgIpc) is 2.98. The van der Waals surface area contributed by atoms with Crippen LogP contribution in [0.3, 0.4) is 0 Å². The van der Waals surface area contributed by atoms with Crippen molar-refractivity contribution in [3.8, 4) is 0 Å². The molecule has 0 fully saturated rings. The Balaban J connectivity index is 2.09. The molecule has 108 valence electrons. The van der Waals surface area contributed by atoms with Gasteiger partial charge in [0.05, 0.1) is 4.90 Å². The van der Waals surface area contributed by atoms with Crippen LogP contribution in [-0.2, 0) is 16.6 Å². The second kappa shape index (κ2) is 6.49. The minimum atomic E-state index is -3.45. The maximum Gasteiger partial charge on any atom is 0.240 e. The molecule has 1 heterocycles. The molecular formula is C14H18N2O2S2. The number of hydrogen-bond acceptors (Lipinski definition) is 4. The monoisotopic (exact) mass is 310 g/mol. The molecule has 2 N–H and O–H groups in total. The van der Waals surface area contributed by atoms with E-state index in [9.17, 15) is 8.42 Å². The van der Waals surface area contributed by atoms with Crippen molar-refractivity contribution in [3.63, 3.8) is 0 Å². The van der Waals surface area contributed by atoms with Gasteiger partial charge in [0, 0.05) is 17.5 Å². The second-order valence-corrected chi connectivity index (χ2v) is 7.28. The van der Waals surface area contributed by atoms with E-state index in [4.69, 9.17) is 0 Å². The van der Waals surface area contributed by atoms with Gasteiger partial charge in [0.15, 0.2) is 0 Å². The molecular weight excluding hydrogens is 292 g/mol. The van der Waals surface area contributed by atoms with Crippen molar-refractivity contribution in [2.75, 3.05) is 7.05 Å². The molecule has 0 radical (unpaired) electrons. The summed E-state index contributed by atoms with van der Waals surface area (Å²) in [5, 5.41) is 5.05. The van der Waals surface area contributed by atoms with Crippen molar-refractivity contribution in [2.24, 2.45) is 0 Å². The van der Waals surface area contributed by atoms with Crippen LogP contribution in [0, 0.1) is 0 Å². The predicted octanol–water partition coefficient (Wildman–Crippen LogP) is 2.51. The summed E-state index contributed by atoms with van der Waals surface area (Å²) in [6, 6.07) is 11.0. The lowest BCUT2D eigenvalue weighted by atomic mass is 10.1. The molecule has 0 spiro atoms. The largest absolute Gasteiger partial charge is 0.313 e. The number of hydrogen-bond donors (Lipinski definition) is 2. The van der Waals surface area contributed by atoms with Crippen LogP contribution in [0.5, 0.6) is 0 Å². The van der Waals surface area contributed by atoms with Gasteiger partial charge in [0.25, 0.3) is 0 Å². The Morgan fingerprint density at radius 2 is 1.90 bits per heavy atom. The third-order valence-electron chi connectivity index (χ3n) is 3.14. The summed E-state index contributed by atoms with van der Waals surface area (Å²) in [6.07, 6.45) is 0. The van der Waals surface area contributed by atoms with Gasteiger partial charge in [0.2, 0.25) is 10.0 Å². The zero-order valence-electron chi connectivity index (χ0n) is 11.5. The maximum atomic E-state index is 12.2. The molecule has 1 atom stereocenters. The lowest BCUT2D eigenvalue weighted by Crippen LogP contribution is -2.23. The van der Waals surface area contributed by atoms with Gasteiger partial charge in [-0.05, 0) is 43.1 Å². The molecule has 0 aliphatic carbocycles. The second-order valence-electron chi connectivity index (χ2n) is 4.48. The van der Waals surface area contributed by atoms with Gasteiger partial charge in [-0.2, -0.15) is 0 Å². The van der Waals surface area contributed by atoms with Crippen LogP contribution in [-0.4, -0.2) is 15.5 Å². The third kappa shape index (κ3) is 3.67. The number of thiophene rings is 1. The first kappa shape index (κ1) is 15.2. The van der Waals surface area contributed by atoms with Crippen LogP contribution in [0.4, 0.5) is 0 Å². The van der Waals surface area contributed by atoms with Gasteiger partial charge < -0.3 is 5.32 Å². The summed E-state index contributed by atoms with van der Waals surface area (Å²) < 4.78 is 26.9. The zero-order chi connectivity index (χ0) is 14.6. The minimum absolute atomic E-state index is 0.200. The van der Waals surface area contributed by atoms with Crippen LogP contribution in [0.2, 0.25) is 0 Å². The highest BCUT2D eigenvalue weighted by Crippen LogP contribution is 2.16. The fourth-order valence-corrected chi connectivity index (χ4v) is 3.51. The van der Waals surface area contributed by atoms with E-state index < -0.39 is 10.0 Å². The molecule has 1 aromatic carbocycles. The first-order chi connectivity index (χ1) is 9.53. The highest BCUT2D eigenvalue weighted by Gasteiger charge is 2.14. The van der Waals surface area contributed by atoms with E-state index in [0.29, 0.717) is 11.4 Å². The molecule has 1 aromatic heterocycles. The van der Waals surface area contributed by atoms with Crippen molar-refractivity contribution in [2.45, 2.75) is 24.4 Å². The van der Waals surface area contributed by atoms with Crippen molar-refractivity contribution in [1.29, 1.82) is 0 Å². The summed E-state index contributed by atoms with van der Waals surface area (Å²) >= 11 is 1.53. The minimum Gasteiger partial charge on any atom is -0.313 e. The summed E-state index contributed by atoms with van der Waals surface area (Å²) in [4.78, 5) is 1.29. The lowest BCUT2D eigenvalue weighted by molar-refractivity contribution is 0.581. The number of rotatable bonds is 6. The topological polar surface area (TPSA) is 58.2 Å². The van der Waals surface area contributed by atoms with E-state index >= 15 is 0 Å². The Bertz CT molecular complexity index is 634. The Kier molecular flexibility index (Phi) is 4.93. The summed E-state index contributed by atoms with van der Waals surface area (Å²) in [6.45, 7) is 2.35. The van der Waals surface area contributed by atoms with Gasteiger partial charge in [0.1, 0.15) is 0 Å². The Morgan fingerprint density at radius 1 is 1.20 bits per heavy atom. The summed E-state index contributed by atoms with van der Waals surface area (Å²) in [5.41, 5.74) is 1.06. The quantitative estimate of drug-likeness (QED) is 0.862. The molecule has 0 bridgehead atoms. The first-order valence-electron chi connectivity index (χ1n) is 6.32. The molecule has 6 heteroatoms. The van der Waals surface area contributed by atoms with E-state index in [1.807, 2.05) is 43.6 Å². The maximum absolute atomic E-state index is 12.2. The van der Waals surface area contributed by atoms with Crippen molar-refractivity contribution in [3.05, 3.63) is 52.2 Å². The molecule has 0 saturated heterocycles. The average molecular weight is 310 g/mol. The molecule has 0 saturated carbocycles. The molecule has 0 amide bonds. The molecule has 1 unspecified atom stereocenters. The van der Waals surface area contributed by atoms with E-state index in [1.165, 1.54) is 11.3 Å². The molecule has 20 heavy (non-hydrogen) atoms. The fourth-order valence-electron chi connectivity index (χ4n) is 1.76. The first-order valence-corrected chi connectivity index (χ1v) is 8.68. The standard InChI is InChI=1S/C14H18N2O2S2/c1-11(15-2)12-5-7-14(8-6-12)20(17,18)16-10-13-4-3-9-19-13/h3-9,11,15-16H,10H2,1-2H3. The molecule has 0 aliphatic heterocycles. The zero-order valence-corrected chi connectivity index (χ0v) is 13.1. The lowest BCUT2D eigenvalue weighted by Gasteiger charge is -2.11. The van der Waals surface area contributed by atoms with E-state index in [-0.39, 0.29) is 6.04 Å². The van der Waals surface area contributed by atoms with Crippen LogP contribution in [0.25, 0.3) is 0 Å². The smallest absolute Gasteiger partial charge is 0.240 e. The molecule has 0 aliphatic rings. The number of sulfonamides is 1. The molecule has 2 aromatic rings.